The van der Waals surface area contributed by atoms with Crippen molar-refractivity contribution in [2.45, 2.75) is 57.4 Å². The topological polar surface area (TPSA) is 105 Å². The standard InChI is InChI=1S/C28H34N2O5/c1-18(14-27(32)33)16-29-26(31)15-19-8-2-7-13-25(19)30-28(34)35-17-24-22-11-5-3-9-20(22)21-10-4-6-12-23(21)24/h3-6,9-12,18-19,24-25H,2,7-8,13-17H2,1H3,(H,29,31)(H,30,34)(H,32,33). The Hall–Kier alpha value is -3.35. The molecule has 186 valence electrons. The van der Waals surface area contributed by atoms with Gasteiger partial charge in [0.15, 0.2) is 0 Å². The zero-order valence-corrected chi connectivity index (χ0v) is 20.2. The van der Waals surface area contributed by atoms with Crippen LogP contribution in [0.4, 0.5) is 4.79 Å². The van der Waals surface area contributed by atoms with E-state index in [1.165, 1.54) is 22.3 Å². The fourth-order valence-corrected chi connectivity index (χ4v) is 5.40. The Morgan fingerprint density at radius 1 is 1.00 bits per heavy atom. The molecular weight excluding hydrogens is 444 g/mol. The Kier molecular flexibility index (Phi) is 8.06. The lowest BCUT2D eigenvalue weighted by atomic mass is 9.82. The van der Waals surface area contributed by atoms with Crippen LogP contribution in [0.25, 0.3) is 11.1 Å². The predicted molar refractivity (Wildman–Crippen MR) is 133 cm³/mol. The van der Waals surface area contributed by atoms with E-state index in [2.05, 4.69) is 34.9 Å². The minimum atomic E-state index is -0.869. The summed E-state index contributed by atoms with van der Waals surface area (Å²) < 4.78 is 5.71. The Morgan fingerprint density at radius 3 is 2.29 bits per heavy atom. The van der Waals surface area contributed by atoms with Crippen LogP contribution in [-0.4, -0.2) is 42.3 Å². The normalized spacial score (nSPS) is 19.8. The number of fused-ring (bicyclic) bond motifs is 3. The number of alkyl carbamates (subject to hydrolysis) is 1. The number of amides is 2. The summed E-state index contributed by atoms with van der Waals surface area (Å²) in [7, 11) is 0. The number of carboxylic acids is 1. The molecule has 0 aliphatic heterocycles. The van der Waals surface area contributed by atoms with Gasteiger partial charge in [0.2, 0.25) is 5.91 Å². The van der Waals surface area contributed by atoms with E-state index in [1.54, 1.807) is 6.92 Å². The number of benzene rings is 2. The van der Waals surface area contributed by atoms with E-state index in [1.807, 2.05) is 24.3 Å². The van der Waals surface area contributed by atoms with Crippen LogP contribution < -0.4 is 10.6 Å². The molecule has 0 aromatic heterocycles. The molecular formula is C28H34N2O5. The predicted octanol–water partition coefficient (Wildman–Crippen LogP) is 4.70. The second-order valence-corrected chi connectivity index (χ2v) is 9.83. The van der Waals surface area contributed by atoms with Crippen LogP contribution in [-0.2, 0) is 14.3 Å². The van der Waals surface area contributed by atoms with Gasteiger partial charge in [-0.05, 0) is 46.9 Å². The van der Waals surface area contributed by atoms with Crippen LogP contribution in [0, 0.1) is 11.8 Å². The maximum atomic E-state index is 12.8. The number of hydrogen-bond donors (Lipinski definition) is 3. The molecule has 7 heteroatoms. The Balaban J connectivity index is 1.30. The lowest BCUT2D eigenvalue weighted by Gasteiger charge is -2.31. The average molecular weight is 479 g/mol. The molecule has 0 bridgehead atoms. The molecule has 2 aromatic rings. The second-order valence-electron chi connectivity index (χ2n) is 9.83. The van der Waals surface area contributed by atoms with Crippen molar-refractivity contribution in [3.8, 4) is 11.1 Å². The third-order valence-corrected chi connectivity index (χ3v) is 7.17. The number of hydrogen-bond acceptors (Lipinski definition) is 4. The SMILES string of the molecule is CC(CNC(=O)CC1CCCCC1NC(=O)OCC1c2ccccc2-c2ccccc21)CC(=O)O. The van der Waals surface area contributed by atoms with Gasteiger partial charge in [-0.15, -0.1) is 0 Å². The highest BCUT2D eigenvalue weighted by Crippen LogP contribution is 2.44. The van der Waals surface area contributed by atoms with Gasteiger partial charge in [-0.2, -0.15) is 0 Å². The molecule has 35 heavy (non-hydrogen) atoms. The summed E-state index contributed by atoms with van der Waals surface area (Å²) in [6, 6.07) is 16.4. The number of ether oxygens (including phenoxy) is 1. The summed E-state index contributed by atoms with van der Waals surface area (Å²) in [6.07, 6.45) is 3.60. The molecule has 3 N–H and O–H groups in total. The van der Waals surface area contributed by atoms with Crippen molar-refractivity contribution >= 4 is 18.0 Å². The maximum absolute atomic E-state index is 12.8. The smallest absolute Gasteiger partial charge is 0.407 e. The first-order chi connectivity index (χ1) is 16.9. The molecule has 3 unspecified atom stereocenters. The first kappa shape index (κ1) is 24.8. The van der Waals surface area contributed by atoms with Crippen LogP contribution in [0.5, 0.6) is 0 Å². The van der Waals surface area contributed by atoms with E-state index in [9.17, 15) is 14.4 Å². The maximum Gasteiger partial charge on any atom is 0.407 e. The first-order valence-electron chi connectivity index (χ1n) is 12.5. The van der Waals surface area contributed by atoms with Crippen LogP contribution in [0.1, 0.15) is 62.5 Å². The van der Waals surface area contributed by atoms with Gasteiger partial charge in [-0.25, -0.2) is 4.79 Å². The molecule has 2 amide bonds. The van der Waals surface area contributed by atoms with Gasteiger partial charge in [0.25, 0.3) is 0 Å². The number of rotatable bonds is 9. The summed E-state index contributed by atoms with van der Waals surface area (Å²) in [5.74, 6) is -1.05. The lowest BCUT2D eigenvalue weighted by molar-refractivity contribution is -0.138. The first-order valence-corrected chi connectivity index (χ1v) is 12.5. The summed E-state index contributed by atoms with van der Waals surface area (Å²) in [6.45, 7) is 2.40. The summed E-state index contributed by atoms with van der Waals surface area (Å²) in [5, 5.41) is 14.7. The Labute approximate surface area is 206 Å². The highest BCUT2D eigenvalue weighted by atomic mass is 16.5. The molecule has 4 rings (SSSR count). The minimum absolute atomic E-state index is 0.00822. The van der Waals surface area contributed by atoms with Gasteiger partial charge in [-0.3, -0.25) is 9.59 Å². The minimum Gasteiger partial charge on any atom is -0.481 e. The van der Waals surface area contributed by atoms with Crippen LogP contribution in [0.15, 0.2) is 48.5 Å². The van der Waals surface area contributed by atoms with E-state index in [0.717, 1.165) is 25.7 Å². The fraction of sp³-hybridized carbons (Fsp3) is 0.464. The van der Waals surface area contributed by atoms with Crippen molar-refractivity contribution in [1.29, 1.82) is 0 Å². The van der Waals surface area contributed by atoms with Crippen molar-refractivity contribution in [2.24, 2.45) is 11.8 Å². The second kappa shape index (κ2) is 11.4. The van der Waals surface area contributed by atoms with Crippen molar-refractivity contribution in [3.05, 3.63) is 59.7 Å². The molecule has 0 heterocycles. The van der Waals surface area contributed by atoms with E-state index in [0.29, 0.717) is 13.0 Å². The van der Waals surface area contributed by atoms with Crippen molar-refractivity contribution in [3.63, 3.8) is 0 Å². The van der Waals surface area contributed by atoms with Crippen LogP contribution >= 0.6 is 0 Å². The third kappa shape index (κ3) is 6.21. The molecule has 7 nitrogen and oxygen atoms in total. The van der Waals surface area contributed by atoms with Crippen molar-refractivity contribution in [1.82, 2.24) is 10.6 Å². The van der Waals surface area contributed by atoms with Crippen molar-refractivity contribution < 1.29 is 24.2 Å². The third-order valence-electron chi connectivity index (χ3n) is 7.17. The van der Waals surface area contributed by atoms with Gasteiger partial charge < -0.3 is 20.5 Å². The molecule has 1 saturated carbocycles. The van der Waals surface area contributed by atoms with E-state index in [-0.39, 0.29) is 42.7 Å². The van der Waals surface area contributed by atoms with Gasteiger partial charge in [0.1, 0.15) is 6.61 Å². The summed E-state index contributed by atoms with van der Waals surface area (Å²) in [4.78, 5) is 36.0. The number of carbonyl (C=O) groups is 3. The molecule has 2 aliphatic rings. The van der Waals surface area contributed by atoms with Gasteiger partial charge in [0, 0.05) is 31.3 Å². The molecule has 1 fully saturated rings. The molecule has 0 saturated heterocycles. The van der Waals surface area contributed by atoms with E-state index in [4.69, 9.17) is 9.84 Å². The molecule has 3 atom stereocenters. The zero-order chi connectivity index (χ0) is 24.8. The van der Waals surface area contributed by atoms with Gasteiger partial charge >= 0.3 is 12.1 Å². The number of carbonyl (C=O) groups excluding carboxylic acids is 2. The Morgan fingerprint density at radius 2 is 1.63 bits per heavy atom. The van der Waals surface area contributed by atoms with E-state index >= 15 is 0 Å². The molecule has 0 radical (unpaired) electrons. The van der Waals surface area contributed by atoms with Crippen LogP contribution in [0.3, 0.4) is 0 Å². The monoisotopic (exact) mass is 478 g/mol. The van der Waals surface area contributed by atoms with Gasteiger partial charge in [-0.1, -0.05) is 68.3 Å². The zero-order valence-electron chi connectivity index (χ0n) is 20.2. The van der Waals surface area contributed by atoms with Crippen LogP contribution in [0.2, 0.25) is 0 Å². The van der Waals surface area contributed by atoms with E-state index < -0.39 is 12.1 Å². The van der Waals surface area contributed by atoms with Crippen molar-refractivity contribution in [2.75, 3.05) is 13.2 Å². The quantitative estimate of drug-likeness (QED) is 0.485. The molecule has 2 aliphatic carbocycles. The Bertz CT molecular complexity index is 1020. The fourth-order valence-electron chi connectivity index (χ4n) is 5.40. The highest BCUT2D eigenvalue weighted by molar-refractivity contribution is 5.79. The number of aliphatic carboxylic acids is 1. The largest absolute Gasteiger partial charge is 0.481 e. The van der Waals surface area contributed by atoms with Gasteiger partial charge in [0.05, 0.1) is 0 Å². The highest BCUT2D eigenvalue weighted by Gasteiger charge is 2.31. The molecule has 0 spiro atoms. The number of carboxylic acid groups (broad SMARTS) is 1. The summed E-state index contributed by atoms with van der Waals surface area (Å²) in [5.41, 5.74) is 4.72. The molecule has 2 aromatic carbocycles. The lowest BCUT2D eigenvalue weighted by Crippen LogP contribution is -2.44. The summed E-state index contributed by atoms with van der Waals surface area (Å²) >= 11 is 0. The average Bonchev–Trinajstić information content (AvgIpc) is 3.16. The number of nitrogens with one attached hydrogen (secondary N) is 2.